The van der Waals surface area contributed by atoms with Crippen molar-refractivity contribution in [1.29, 1.82) is 5.26 Å². The van der Waals surface area contributed by atoms with Gasteiger partial charge in [0.15, 0.2) is 0 Å². The number of hydrogen-bond acceptors (Lipinski definition) is 4. The third-order valence-electron chi connectivity index (χ3n) is 3.24. The molecule has 1 fully saturated rings. The van der Waals surface area contributed by atoms with Crippen molar-refractivity contribution in [3.8, 4) is 6.07 Å². The molecule has 1 aliphatic rings. The molecule has 90 valence electrons. The fraction of sp³-hybridized carbons (Fsp3) is 0.538. The zero-order chi connectivity index (χ0) is 12.3. The van der Waals surface area contributed by atoms with Crippen LogP contribution in [-0.2, 0) is 4.74 Å². The van der Waals surface area contributed by atoms with Crippen molar-refractivity contribution in [2.75, 3.05) is 31.7 Å². The summed E-state index contributed by atoms with van der Waals surface area (Å²) in [6.07, 6.45) is 2.88. The second-order valence-electron chi connectivity index (χ2n) is 4.49. The van der Waals surface area contributed by atoms with Gasteiger partial charge in [-0.25, -0.2) is 4.98 Å². The van der Waals surface area contributed by atoms with Crippen LogP contribution in [0, 0.1) is 24.2 Å². The van der Waals surface area contributed by atoms with Gasteiger partial charge < -0.3 is 9.64 Å². The molecule has 0 bridgehead atoms. The molecule has 1 aromatic heterocycles. The molecule has 0 saturated carbocycles. The summed E-state index contributed by atoms with van der Waals surface area (Å²) in [4.78, 5) is 6.54. The summed E-state index contributed by atoms with van der Waals surface area (Å²) in [5.74, 6) is 1.37. The van der Waals surface area contributed by atoms with Crippen molar-refractivity contribution in [3.63, 3.8) is 0 Å². The van der Waals surface area contributed by atoms with E-state index in [0.29, 0.717) is 11.5 Å². The van der Waals surface area contributed by atoms with Crippen LogP contribution in [0.15, 0.2) is 12.3 Å². The molecule has 0 spiro atoms. The summed E-state index contributed by atoms with van der Waals surface area (Å²) in [6.45, 7) is 4.62. The predicted octanol–water partition coefficient (Wildman–Crippen LogP) is 1.73. The van der Waals surface area contributed by atoms with Crippen molar-refractivity contribution in [1.82, 2.24) is 4.98 Å². The molecule has 2 rings (SSSR count). The van der Waals surface area contributed by atoms with Gasteiger partial charge in [0.2, 0.25) is 0 Å². The number of nitriles is 1. The average Bonchev–Trinajstić information content (AvgIpc) is 2.78. The van der Waals surface area contributed by atoms with E-state index in [0.717, 1.165) is 37.5 Å². The van der Waals surface area contributed by atoms with Gasteiger partial charge in [-0.15, -0.1) is 0 Å². The number of ether oxygens (including phenoxy) is 1. The Morgan fingerprint density at radius 1 is 1.65 bits per heavy atom. The molecule has 4 heteroatoms. The maximum atomic E-state index is 9.19. The lowest BCUT2D eigenvalue weighted by atomic mass is 10.1. The lowest BCUT2D eigenvalue weighted by Crippen LogP contribution is -2.23. The molecule has 0 amide bonds. The molecule has 1 aromatic rings. The number of rotatable bonds is 3. The van der Waals surface area contributed by atoms with Crippen molar-refractivity contribution >= 4 is 5.82 Å². The van der Waals surface area contributed by atoms with E-state index in [1.54, 1.807) is 13.3 Å². The Hall–Kier alpha value is -1.60. The Labute approximate surface area is 102 Å². The number of anilines is 1. The minimum absolute atomic E-state index is 0.550. The first-order valence-electron chi connectivity index (χ1n) is 5.86. The van der Waals surface area contributed by atoms with Crippen LogP contribution < -0.4 is 4.90 Å². The van der Waals surface area contributed by atoms with Gasteiger partial charge in [-0.3, -0.25) is 0 Å². The van der Waals surface area contributed by atoms with E-state index in [9.17, 15) is 5.26 Å². The molecular formula is C13H17N3O. The third-order valence-corrected chi connectivity index (χ3v) is 3.24. The van der Waals surface area contributed by atoms with Gasteiger partial charge in [-0.2, -0.15) is 5.26 Å². The van der Waals surface area contributed by atoms with E-state index in [4.69, 9.17) is 4.74 Å². The van der Waals surface area contributed by atoms with Crippen molar-refractivity contribution < 1.29 is 4.74 Å². The molecule has 0 N–H and O–H groups in total. The van der Waals surface area contributed by atoms with E-state index in [2.05, 4.69) is 16.0 Å². The van der Waals surface area contributed by atoms with E-state index in [1.165, 1.54) is 0 Å². The summed E-state index contributed by atoms with van der Waals surface area (Å²) < 4.78 is 5.18. The largest absolute Gasteiger partial charge is 0.384 e. The molecule has 0 aromatic carbocycles. The summed E-state index contributed by atoms with van der Waals surface area (Å²) in [6, 6.07) is 4.13. The van der Waals surface area contributed by atoms with Gasteiger partial charge in [0.05, 0.1) is 12.2 Å². The normalized spacial score (nSPS) is 19.4. The van der Waals surface area contributed by atoms with Gasteiger partial charge >= 0.3 is 0 Å². The molecule has 4 nitrogen and oxygen atoms in total. The van der Waals surface area contributed by atoms with Gasteiger partial charge in [0.1, 0.15) is 11.9 Å². The Bertz CT molecular complexity index is 439. The van der Waals surface area contributed by atoms with Gasteiger partial charge in [0.25, 0.3) is 0 Å². The lowest BCUT2D eigenvalue weighted by molar-refractivity contribution is 0.161. The topological polar surface area (TPSA) is 49.1 Å². The standard InChI is InChI=1S/C13H17N3O/c1-10-3-5-15-13(12(10)7-14)16-6-4-11(8-16)9-17-2/h3,5,11H,4,6,8-9H2,1-2H3. The first kappa shape index (κ1) is 11.9. The van der Waals surface area contributed by atoms with Crippen LogP contribution in [0.1, 0.15) is 17.5 Å². The smallest absolute Gasteiger partial charge is 0.146 e. The SMILES string of the molecule is COCC1CCN(c2nccc(C)c2C#N)C1. The molecule has 1 saturated heterocycles. The molecular weight excluding hydrogens is 214 g/mol. The number of aryl methyl sites for hydroxylation is 1. The van der Waals surface area contributed by atoms with Gasteiger partial charge in [-0.1, -0.05) is 0 Å². The van der Waals surface area contributed by atoms with Crippen LogP contribution >= 0.6 is 0 Å². The minimum atomic E-state index is 0.550. The highest BCUT2D eigenvalue weighted by Gasteiger charge is 2.25. The maximum Gasteiger partial charge on any atom is 0.146 e. The van der Waals surface area contributed by atoms with Crippen LogP contribution in [0.5, 0.6) is 0 Å². The number of methoxy groups -OCH3 is 1. The predicted molar refractivity (Wildman–Crippen MR) is 65.9 cm³/mol. The quantitative estimate of drug-likeness (QED) is 0.795. The van der Waals surface area contributed by atoms with Crippen LogP contribution in [-0.4, -0.2) is 31.8 Å². The van der Waals surface area contributed by atoms with Gasteiger partial charge in [0, 0.05) is 32.3 Å². The van der Waals surface area contributed by atoms with Crippen LogP contribution in [0.25, 0.3) is 0 Å². The summed E-state index contributed by atoms with van der Waals surface area (Å²) in [7, 11) is 1.73. The Kier molecular flexibility index (Phi) is 3.60. The zero-order valence-corrected chi connectivity index (χ0v) is 10.3. The maximum absolute atomic E-state index is 9.19. The van der Waals surface area contributed by atoms with Crippen molar-refractivity contribution in [2.24, 2.45) is 5.92 Å². The highest BCUT2D eigenvalue weighted by molar-refractivity contribution is 5.57. The van der Waals surface area contributed by atoms with E-state index in [1.807, 2.05) is 13.0 Å². The first-order valence-corrected chi connectivity index (χ1v) is 5.86. The molecule has 1 aliphatic heterocycles. The summed E-state index contributed by atoms with van der Waals surface area (Å²) >= 11 is 0. The second kappa shape index (κ2) is 5.15. The molecule has 17 heavy (non-hydrogen) atoms. The molecule has 1 unspecified atom stereocenters. The minimum Gasteiger partial charge on any atom is -0.384 e. The highest BCUT2D eigenvalue weighted by Crippen LogP contribution is 2.26. The van der Waals surface area contributed by atoms with Crippen LogP contribution in [0.3, 0.4) is 0 Å². The van der Waals surface area contributed by atoms with E-state index < -0.39 is 0 Å². The van der Waals surface area contributed by atoms with E-state index >= 15 is 0 Å². The molecule has 0 radical (unpaired) electrons. The fourth-order valence-corrected chi connectivity index (χ4v) is 2.32. The first-order chi connectivity index (χ1) is 8.26. The second-order valence-corrected chi connectivity index (χ2v) is 4.49. The third kappa shape index (κ3) is 2.40. The monoisotopic (exact) mass is 231 g/mol. The zero-order valence-electron chi connectivity index (χ0n) is 10.3. The Balaban J connectivity index is 2.19. The lowest BCUT2D eigenvalue weighted by Gasteiger charge is -2.19. The van der Waals surface area contributed by atoms with Crippen LogP contribution in [0.4, 0.5) is 5.82 Å². The molecule has 2 heterocycles. The highest BCUT2D eigenvalue weighted by atomic mass is 16.5. The number of nitrogens with zero attached hydrogens (tertiary/aromatic N) is 3. The molecule has 0 aliphatic carbocycles. The number of pyridine rings is 1. The van der Waals surface area contributed by atoms with E-state index in [-0.39, 0.29) is 0 Å². The number of aromatic nitrogens is 1. The average molecular weight is 231 g/mol. The number of hydrogen-bond donors (Lipinski definition) is 0. The summed E-state index contributed by atoms with van der Waals surface area (Å²) in [5, 5.41) is 9.19. The van der Waals surface area contributed by atoms with Crippen molar-refractivity contribution in [2.45, 2.75) is 13.3 Å². The fourth-order valence-electron chi connectivity index (χ4n) is 2.32. The Morgan fingerprint density at radius 3 is 3.18 bits per heavy atom. The van der Waals surface area contributed by atoms with Crippen molar-refractivity contribution in [3.05, 3.63) is 23.4 Å². The Morgan fingerprint density at radius 2 is 2.47 bits per heavy atom. The van der Waals surface area contributed by atoms with Crippen LogP contribution in [0.2, 0.25) is 0 Å². The van der Waals surface area contributed by atoms with Gasteiger partial charge in [-0.05, 0) is 25.0 Å². The molecule has 1 atom stereocenters. The summed E-state index contributed by atoms with van der Waals surface area (Å²) in [5.41, 5.74) is 1.69.